The van der Waals surface area contributed by atoms with Crippen LogP contribution in [0.2, 0.25) is 0 Å². The Kier molecular flexibility index (Phi) is 6.74. The highest BCUT2D eigenvalue weighted by atomic mass is 32.2. The highest BCUT2D eigenvalue weighted by molar-refractivity contribution is 7.99. The zero-order chi connectivity index (χ0) is 17.3. The maximum atomic E-state index is 12.0. The van der Waals surface area contributed by atoms with Gasteiger partial charge in [-0.15, -0.1) is 11.8 Å². The Balaban J connectivity index is 1.31. The number of carbonyl (C=O) groups is 1. The van der Waals surface area contributed by atoms with Gasteiger partial charge in [0.15, 0.2) is 0 Å². The number of piperidine rings is 1. The maximum absolute atomic E-state index is 12.0. The number of carbonyl (C=O) groups excluding carboxylic acids is 1. The molecule has 0 radical (unpaired) electrons. The van der Waals surface area contributed by atoms with E-state index in [-0.39, 0.29) is 5.91 Å². The fraction of sp³-hybridized carbons (Fsp3) is 0.400. The molecule has 2 heterocycles. The smallest absolute Gasteiger partial charge is 0.220 e. The molecule has 3 rings (SSSR count). The molecule has 5 heteroatoms. The van der Waals surface area contributed by atoms with E-state index < -0.39 is 0 Å². The lowest BCUT2D eigenvalue weighted by Crippen LogP contribution is -2.38. The number of hydrogen-bond acceptors (Lipinski definition) is 4. The maximum Gasteiger partial charge on any atom is 0.220 e. The van der Waals surface area contributed by atoms with Crippen LogP contribution in [0, 0.1) is 5.92 Å². The molecule has 25 heavy (non-hydrogen) atoms. The van der Waals surface area contributed by atoms with E-state index >= 15 is 0 Å². The van der Waals surface area contributed by atoms with E-state index in [4.69, 9.17) is 0 Å². The molecule has 1 aromatic heterocycles. The Morgan fingerprint density at radius 1 is 1.16 bits per heavy atom. The van der Waals surface area contributed by atoms with Crippen molar-refractivity contribution in [3.8, 4) is 0 Å². The predicted molar refractivity (Wildman–Crippen MR) is 104 cm³/mol. The third-order valence-electron chi connectivity index (χ3n) is 4.55. The number of pyridine rings is 1. The first-order valence-corrected chi connectivity index (χ1v) is 9.89. The van der Waals surface area contributed by atoms with Gasteiger partial charge in [-0.1, -0.05) is 18.2 Å². The summed E-state index contributed by atoms with van der Waals surface area (Å²) in [6.45, 7) is 2.88. The number of nitrogens with one attached hydrogen (secondary N) is 1. The van der Waals surface area contributed by atoms with Gasteiger partial charge in [0.25, 0.3) is 0 Å². The molecule has 1 amide bonds. The zero-order valence-electron chi connectivity index (χ0n) is 14.4. The SMILES string of the molecule is O=C(CCSc1ccccc1)NCC1CCN(c2cccnc2)CC1. The number of rotatable bonds is 7. The van der Waals surface area contributed by atoms with Crippen molar-refractivity contribution in [3.05, 3.63) is 54.9 Å². The summed E-state index contributed by atoms with van der Waals surface area (Å²) in [6, 6.07) is 14.3. The van der Waals surface area contributed by atoms with Crippen LogP contribution in [0.4, 0.5) is 5.69 Å². The first-order valence-electron chi connectivity index (χ1n) is 8.91. The van der Waals surface area contributed by atoms with Crippen molar-refractivity contribution in [2.75, 3.05) is 30.3 Å². The van der Waals surface area contributed by atoms with Crippen molar-refractivity contribution in [2.24, 2.45) is 5.92 Å². The molecule has 0 atom stereocenters. The lowest BCUT2D eigenvalue weighted by molar-refractivity contribution is -0.120. The zero-order valence-corrected chi connectivity index (χ0v) is 15.3. The molecule has 0 saturated carbocycles. The number of thioether (sulfide) groups is 1. The number of anilines is 1. The average molecular weight is 356 g/mol. The predicted octanol–water partition coefficient (Wildman–Crippen LogP) is 3.60. The standard InChI is InChI=1S/C20H25N3OS/c24-20(10-14-25-19-6-2-1-3-7-19)22-15-17-8-12-23(13-9-17)18-5-4-11-21-16-18/h1-7,11,16-17H,8-10,12-15H2,(H,22,24). The Labute approximate surface area is 154 Å². The molecular weight excluding hydrogens is 330 g/mol. The molecule has 132 valence electrons. The van der Waals surface area contributed by atoms with Crippen LogP contribution in [0.15, 0.2) is 59.8 Å². The topological polar surface area (TPSA) is 45.2 Å². The summed E-state index contributed by atoms with van der Waals surface area (Å²) in [4.78, 5) is 19.8. The quantitative estimate of drug-likeness (QED) is 0.771. The molecular formula is C20H25N3OS. The van der Waals surface area contributed by atoms with Crippen LogP contribution < -0.4 is 10.2 Å². The molecule has 0 unspecified atom stereocenters. The average Bonchev–Trinajstić information content (AvgIpc) is 2.68. The van der Waals surface area contributed by atoms with E-state index in [1.807, 2.05) is 36.7 Å². The molecule has 0 aliphatic carbocycles. The van der Waals surface area contributed by atoms with E-state index in [1.165, 1.54) is 10.6 Å². The van der Waals surface area contributed by atoms with Crippen LogP contribution in [-0.4, -0.2) is 36.3 Å². The van der Waals surface area contributed by atoms with Gasteiger partial charge in [-0.3, -0.25) is 9.78 Å². The van der Waals surface area contributed by atoms with Gasteiger partial charge in [-0.05, 0) is 43.0 Å². The van der Waals surface area contributed by atoms with Crippen LogP contribution in [0.1, 0.15) is 19.3 Å². The first kappa shape index (κ1) is 17.8. The number of aromatic nitrogens is 1. The summed E-state index contributed by atoms with van der Waals surface area (Å²) >= 11 is 1.73. The summed E-state index contributed by atoms with van der Waals surface area (Å²) < 4.78 is 0. The van der Waals surface area contributed by atoms with Crippen molar-refractivity contribution in [3.63, 3.8) is 0 Å². The minimum atomic E-state index is 0.165. The highest BCUT2D eigenvalue weighted by Crippen LogP contribution is 2.22. The van der Waals surface area contributed by atoms with E-state index in [0.29, 0.717) is 12.3 Å². The monoisotopic (exact) mass is 355 g/mol. The van der Waals surface area contributed by atoms with Gasteiger partial charge in [-0.2, -0.15) is 0 Å². The minimum absolute atomic E-state index is 0.165. The number of nitrogens with zero attached hydrogens (tertiary/aromatic N) is 2. The first-order chi connectivity index (χ1) is 12.3. The van der Waals surface area contributed by atoms with Gasteiger partial charge in [-0.25, -0.2) is 0 Å². The second kappa shape index (κ2) is 9.47. The third-order valence-corrected chi connectivity index (χ3v) is 5.57. The molecule has 0 bridgehead atoms. The van der Waals surface area contributed by atoms with Gasteiger partial charge in [0, 0.05) is 42.9 Å². The molecule has 1 saturated heterocycles. The Morgan fingerprint density at radius 2 is 1.96 bits per heavy atom. The van der Waals surface area contributed by atoms with Crippen LogP contribution >= 0.6 is 11.8 Å². The van der Waals surface area contributed by atoms with Gasteiger partial charge in [0.2, 0.25) is 5.91 Å². The minimum Gasteiger partial charge on any atom is -0.370 e. The van der Waals surface area contributed by atoms with E-state index in [2.05, 4.69) is 33.4 Å². The van der Waals surface area contributed by atoms with E-state index in [1.54, 1.807) is 11.8 Å². The van der Waals surface area contributed by atoms with Crippen LogP contribution in [0.3, 0.4) is 0 Å². The summed E-state index contributed by atoms with van der Waals surface area (Å²) in [5, 5.41) is 3.11. The van der Waals surface area contributed by atoms with Crippen molar-refractivity contribution in [1.82, 2.24) is 10.3 Å². The molecule has 1 fully saturated rings. The molecule has 1 aromatic carbocycles. The molecule has 1 N–H and O–H groups in total. The van der Waals surface area contributed by atoms with Gasteiger partial charge >= 0.3 is 0 Å². The van der Waals surface area contributed by atoms with Crippen molar-refractivity contribution in [2.45, 2.75) is 24.2 Å². The second-order valence-electron chi connectivity index (χ2n) is 6.36. The Hall–Kier alpha value is -2.01. The number of benzene rings is 1. The van der Waals surface area contributed by atoms with Crippen LogP contribution in [-0.2, 0) is 4.79 Å². The summed E-state index contributed by atoms with van der Waals surface area (Å²) in [7, 11) is 0. The molecule has 1 aliphatic rings. The van der Waals surface area contributed by atoms with Crippen LogP contribution in [0.5, 0.6) is 0 Å². The molecule has 4 nitrogen and oxygen atoms in total. The third kappa shape index (κ3) is 5.78. The van der Waals surface area contributed by atoms with Gasteiger partial charge < -0.3 is 10.2 Å². The van der Waals surface area contributed by atoms with Gasteiger partial charge in [0.05, 0.1) is 11.9 Å². The van der Waals surface area contributed by atoms with Crippen molar-refractivity contribution in [1.29, 1.82) is 0 Å². The lowest BCUT2D eigenvalue weighted by Gasteiger charge is -2.33. The Bertz CT molecular complexity index is 643. The normalized spacial score (nSPS) is 15.1. The number of amides is 1. The van der Waals surface area contributed by atoms with E-state index in [9.17, 15) is 4.79 Å². The summed E-state index contributed by atoms with van der Waals surface area (Å²) in [6.07, 6.45) is 6.55. The summed E-state index contributed by atoms with van der Waals surface area (Å²) in [5.41, 5.74) is 1.20. The van der Waals surface area contributed by atoms with E-state index in [0.717, 1.165) is 38.2 Å². The van der Waals surface area contributed by atoms with Gasteiger partial charge in [0.1, 0.15) is 0 Å². The fourth-order valence-electron chi connectivity index (χ4n) is 3.06. The second-order valence-corrected chi connectivity index (χ2v) is 7.53. The highest BCUT2D eigenvalue weighted by Gasteiger charge is 2.19. The largest absolute Gasteiger partial charge is 0.370 e. The fourth-order valence-corrected chi connectivity index (χ4v) is 3.93. The van der Waals surface area contributed by atoms with Crippen molar-refractivity contribution >= 4 is 23.4 Å². The van der Waals surface area contributed by atoms with Crippen LogP contribution in [0.25, 0.3) is 0 Å². The molecule has 2 aromatic rings. The molecule has 1 aliphatic heterocycles. The van der Waals surface area contributed by atoms with Crippen molar-refractivity contribution < 1.29 is 4.79 Å². The molecule has 0 spiro atoms. The Morgan fingerprint density at radius 3 is 2.68 bits per heavy atom. The lowest BCUT2D eigenvalue weighted by atomic mass is 9.96. The summed E-state index contributed by atoms with van der Waals surface area (Å²) in [5.74, 6) is 1.58. The number of hydrogen-bond donors (Lipinski definition) is 1.